The average molecular weight is 467 g/mol. The molecule has 1 saturated heterocycles. The highest BCUT2D eigenvalue weighted by Crippen LogP contribution is 2.35. The molecule has 1 N–H and O–H groups in total. The number of aromatic nitrogens is 5. The van der Waals surface area contributed by atoms with Crippen molar-refractivity contribution in [2.24, 2.45) is 0 Å². The second kappa shape index (κ2) is 9.34. The molecule has 3 aliphatic rings. The van der Waals surface area contributed by atoms with Crippen LogP contribution in [0.4, 0.5) is 0 Å². The predicted molar refractivity (Wildman–Crippen MR) is 124 cm³/mol. The SMILES string of the molecule is O=c1[nH]c2cc3c(cc2cc1CN(Cc1nnnn1C[C@@H]1CCCO1)C1CCCCC1)OCO3. The van der Waals surface area contributed by atoms with E-state index in [9.17, 15) is 4.79 Å². The van der Waals surface area contributed by atoms with Gasteiger partial charge < -0.3 is 19.2 Å². The minimum Gasteiger partial charge on any atom is -0.454 e. The Hall–Kier alpha value is -2.98. The van der Waals surface area contributed by atoms with Crippen LogP contribution in [0.2, 0.25) is 0 Å². The van der Waals surface area contributed by atoms with E-state index in [2.05, 4.69) is 25.4 Å². The molecule has 0 spiro atoms. The number of rotatable bonds is 7. The van der Waals surface area contributed by atoms with E-state index in [4.69, 9.17) is 14.2 Å². The number of pyridine rings is 1. The van der Waals surface area contributed by atoms with Gasteiger partial charge in [0.25, 0.3) is 5.56 Å². The fraction of sp³-hybridized carbons (Fsp3) is 0.583. The summed E-state index contributed by atoms with van der Waals surface area (Å²) < 4.78 is 18.7. The molecule has 1 aromatic carbocycles. The summed E-state index contributed by atoms with van der Waals surface area (Å²) >= 11 is 0. The third-order valence-corrected chi connectivity index (χ3v) is 7.23. The fourth-order valence-corrected chi connectivity index (χ4v) is 5.38. The number of nitrogens with one attached hydrogen (secondary N) is 1. The molecule has 2 aliphatic heterocycles. The second-order valence-corrected chi connectivity index (χ2v) is 9.53. The molecule has 2 fully saturated rings. The zero-order valence-corrected chi connectivity index (χ0v) is 19.2. The Morgan fingerprint density at radius 3 is 2.71 bits per heavy atom. The van der Waals surface area contributed by atoms with Crippen LogP contribution in [0.1, 0.15) is 56.3 Å². The van der Waals surface area contributed by atoms with Gasteiger partial charge in [-0.15, -0.1) is 5.10 Å². The first-order valence-electron chi connectivity index (χ1n) is 12.3. The molecule has 0 unspecified atom stereocenters. The molecule has 4 heterocycles. The molecule has 0 bridgehead atoms. The number of benzene rings is 1. The van der Waals surface area contributed by atoms with Crippen molar-refractivity contribution in [3.05, 3.63) is 39.9 Å². The number of ether oxygens (including phenoxy) is 3. The van der Waals surface area contributed by atoms with Gasteiger partial charge in [0, 0.05) is 36.2 Å². The maximum absolute atomic E-state index is 13.0. The van der Waals surface area contributed by atoms with Crippen molar-refractivity contribution in [1.82, 2.24) is 30.1 Å². The molecule has 6 rings (SSSR count). The van der Waals surface area contributed by atoms with E-state index in [1.165, 1.54) is 19.3 Å². The second-order valence-electron chi connectivity index (χ2n) is 9.53. The van der Waals surface area contributed by atoms with E-state index >= 15 is 0 Å². The smallest absolute Gasteiger partial charge is 0.252 e. The van der Waals surface area contributed by atoms with Crippen molar-refractivity contribution in [2.75, 3.05) is 13.4 Å². The summed E-state index contributed by atoms with van der Waals surface area (Å²) in [5, 5.41) is 13.5. The van der Waals surface area contributed by atoms with Crippen molar-refractivity contribution < 1.29 is 14.2 Å². The molecule has 10 heteroatoms. The van der Waals surface area contributed by atoms with Gasteiger partial charge in [0.1, 0.15) is 0 Å². The lowest BCUT2D eigenvalue weighted by Crippen LogP contribution is -2.38. The minimum atomic E-state index is -0.0777. The average Bonchev–Trinajstić information content (AvgIpc) is 3.62. The molecule has 1 aliphatic carbocycles. The number of fused-ring (bicyclic) bond motifs is 2. The predicted octanol–water partition coefficient (Wildman–Crippen LogP) is 2.76. The van der Waals surface area contributed by atoms with Gasteiger partial charge in [0.15, 0.2) is 17.3 Å². The van der Waals surface area contributed by atoms with Gasteiger partial charge in [-0.3, -0.25) is 9.69 Å². The third-order valence-electron chi connectivity index (χ3n) is 7.23. The van der Waals surface area contributed by atoms with Gasteiger partial charge in [0.05, 0.1) is 24.7 Å². The van der Waals surface area contributed by atoms with Crippen LogP contribution in [0.15, 0.2) is 23.0 Å². The molecule has 10 nitrogen and oxygen atoms in total. The molecule has 1 saturated carbocycles. The standard InChI is InChI=1S/C24H30N6O4/c31-24-17(9-16-10-21-22(34-15-33-21)11-20(16)25-24)12-29(18-5-2-1-3-6-18)14-23-26-27-28-30(23)13-19-7-4-8-32-19/h9-11,18-19H,1-8,12-15H2,(H,25,31)/t19-/m0/s1. The summed E-state index contributed by atoms with van der Waals surface area (Å²) in [6, 6.07) is 6.14. The molecular formula is C24H30N6O4. The zero-order chi connectivity index (χ0) is 22.9. The van der Waals surface area contributed by atoms with E-state index in [0.717, 1.165) is 54.6 Å². The first-order chi connectivity index (χ1) is 16.7. The van der Waals surface area contributed by atoms with Gasteiger partial charge >= 0.3 is 0 Å². The largest absolute Gasteiger partial charge is 0.454 e. The van der Waals surface area contributed by atoms with E-state index in [1.54, 1.807) is 0 Å². The number of tetrazole rings is 1. The molecule has 1 atom stereocenters. The minimum absolute atomic E-state index is 0.0777. The monoisotopic (exact) mass is 466 g/mol. The highest BCUT2D eigenvalue weighted by Gasteiger charge is 2.26. The number of nitrogens with zero attached hydrogens (tertiary/aromatic N) is 5. The van der Waals surface area contributed by atoms with Crippen LogP contribution in [0.5, 0.6) is 11.5 Å². The molecule has 3 aromatic rings. The van der Waals surface area contributed by atoms with Crippen molar-refractivity contribution in [2.45, 2.75) is 76.7 Å². The molecule has 0 radical (unpaired) electrons. The molecule has 34 heavy (non-hydrogen) atoms. The zero-order valence-electron chi connectivity index (χ0n) is 19.2. The molecule has 2 aromatic heterocycles. The maximum atomic E-state index is 13.0. The van der Waals surface area contributed by atoms with E-state index < -0.39 is 0 Å². The van der Waals surface area contributed by atoms with Crippen LogP contribution < -0.4 is 15.0 Å². The first-order valence-corrected chi connectivity index (χ1v) is 12.3. The topological polar surface area (TPSA) is 107 Å². The fourth-order valence-electron chi connectivity index (χ4n) is 5.38. The van der Waals surface area contributed by atoms with E-state index in [1.807, 2.05) is 22.9 Å². The Bertz CT molecular complexity index is 1210. The third kappa shape index (κ3) is 4.39. The van der Waals surface area contributed by atoms with Gasteiger partial charge in [-0.1, -0.05) is 19.3 Å². The molecule has 0 amide bonds. The summed E-state index contributed by atoms with van der Waals surface area (Å²) in [5.41, 5.74) is 1.41. The van der Waals surface area contributed by atoms with Crippen LogP contribution in [-0.2, 0) is 24.4 Å². The summed E-state index contributed by atoms with van der Waals surface area (Å²) in [4.78, 5) is 18.4. The lowest BCUT2D eigenvalue weighted by molar-refractivity contribution is 0.0893. The van der Waals surface area contributed by atoms with Crippen molar-refractivity contribution in [3.63, 3.8) is 0 Å². The highest BCUT2D eigenvalue weighted by atomic mass is 16.7. The summed E-state index contributed by atoms with van der Waals surface area (Å²) in [6.45, 7) is 2.82. The Morgan fingerprint density at radius 1 is 1.03 bits per heavy atom. The Labute approximate surface area is 197 Å². The Kier molecular flexibility index (Phi) is 5.92. The Balaban J connectivity index is 1.28. The highest BCUT2D eigenvalue weighted by molar-refractivity contribution is 5.83. The summed E-state index contributed by atoms with van der Waals surface area (Å²) in [7, 11) is 0. The van der Waals surface area contributed by atoms with E-state index in [-0.39, 0.29) is 18.5 Å². The van der Waals surface area contributed by atoms with Crippen LogP contribution in [0.25, 0.3) is 10.9 Å². The normalized spacial score (nSPS) is 20.6. The number of H-pyrrole nitrogens is 1. The summed E-state index contributed by atoms with van der Waals surface area (Å²) in [6.07, 6.45) is 8.22. The van der Waals surface area contributed by atoms with Gasteiger partial charge in [-0.05, 0) is 48.2 Å². The van der Waals surface area contributed by atoms with Crippen LogP contribution in [0.3, 0.4) is 0 Å². The molecule has 180 valence electrons. The van der Waals surface area contributed by atoms with Crippen molar-refractivity contribution in [3.8, 4) is 11.5 Å². The van der Waals surface area contributed by atoms with Gasteiger partial charge in [0.2, 0.25) is 6.79 Å². The van der Waals surface area contributed by atoms with Crippen molar-refractivity contribution >= 4 is 10.9 Å². The van der Waals surface area contributed by atoms with Crippen LogP contribution in [-0.4, -0.2) is 55.6 Å². The lowest BCUT2D eigenvalue weighted by atomic mass is 9.93. The van der Waals surface area contributed by atoms with Gasteiger partial charge in [-0.2, -0.15) is 0 Å². The number of hydrogen-bond donors (Lipinski definition) is 1. The summed E-state index contributed by atoms with van der Waals surface area (Å²) in [5.74, 6) is 2.20. The van der Waals surface area contributed by atoms with E-state index in [0.29, 0.717) is 37.2 Å². The van der Waals surface area contributed by atoms with Crippen LogP contribution in [0, 0.1) is 0 Å². The number of aromatic amines is 1. The first kappa shape index (κ1) is 21.5. The molecular weight excluding hydrogens is 436 g/mol. The maximum Gasteiger partial charge on any atom is 0.252 e. The number of hydrogen-bond acceptors (Lipinski definition) is 8. The van der Waals surface area contributed by atoms with Crippen LogP contribution >= 0.6 is 0 Å². The Morgan fingerprint density at radius 2 is 1.88 bits per heavy atom. The quantitative estimate of drug-likeness (QED) is 0.566. The lowest BCUT2D eigenvalue weighted by Gasteiger charge is -2.34. The van der Waals surface area contributed by atoms with Crippen molar-refractivity contribution in [1.29, 1.82) is 0 Å². The van der Waals surface area contributed by atoms with Gasteiger partial charge in [-0.25, -0.2) is 4.68 Å².